The fourth-order valence-electron chi connectivity index (χ4n) is 2.93. The first-order valence-electron chi connectivity index (χ1n) is 8.95. The molecule has 1 saturated heterocycles. The molecule has 3 amide bonds. The van der Waals surface area contributed by atoms with Crippen molar-refractivity contribution in [2.45, 2.75) is 13.0 Å². The van der Waals surface area contributed by atoms with E-state index >= 15 is 0 Å². The average molecular weight is 370 g/mol. The molecule has 1 aliphatic rings. The van der Waals surface area contributed by atoms with Crippen molar-refractivity contribution in [3.63, 3.8) is 0 Å². The van der Waals surface area contributed by atoms with E-state index in [2.05, 4.69) is 27.7 Å². The molecule has 6 nitrogen and oxygen atoms in total. The van der Waals surface area contributed by atoms with E-state index in [0.717, 1.165) is 18.8 Å². The largest absolute Gasteiger partial charge is 0.368 e. The van der Waals surface area contributed by atoms with Gasteiger partial charge in [0.15, 0.2) is 0 Å². The predicted molar refractivity (Wildman–Crippen MR) is 103 cm³/mol. The van der Waals surface area contributed by atoms with Crippen LogP contribution in [0.2, 0.25) is 0 Å². The van der Waals surface area contributed by atoms with Crippen LogP contribution in [0.3, 0.4) is 0 Å². The molecule has 0 aromatic heterocycles. The van der Waals surface area contributed by atoms with Crippen LogP contribution in [0.4, 0.5) is 20.6 Å². The van der Waals surface area contributed by atoms with Crippen LogP contribution in [0.15, 0.2) is 54.6 Å². The minimum atomic E-state index is -0.699. The number of carbonyl (C=O) groups is 2. The molecular weight excluding hydrogens is 347 g/mol. The molecule has 142 valence electrons. The standard InChI is InChI=1S/C20H23FN4O2/c1-15(19(26)23-17-9-7-16(21)8-10-17)22-20(27)25-13-11-24(12-14-25)18-5-3-2-4-6-18/h2-10,15H,11-14H2,1H3,(H,22,27)(H,23,26). The number of halogens is 1. The van der Waals surface area contributed by atoms with E-state index in [9.17, 15) is 14.0 Å². The molecule has 0 saturated carbocycles. The number of anilines is 2. The maximum atomic E-state index is 12.9. The van der Waals surface area contributed by atoms with Gasteiger partial charge in [-0.1, -0.05) is 18.2 Å². The zero-order valence-electron chi connectivity index (χ0n) is 15.2. The van der Waals surface area contributed by atoms with Gasteiger partial charge in [-0.3, -0.25) is 4.79 Å². The predicted octanol–water partition coefficient (Wildman–Crippen LogP) is 2.68. The summed E-state index contributed by atoms with van der Waals surface area (Å²) in [5.74, 6) is -0.720. The van der Waals surface area contributed by atoms with Gasteiger partial charge >= 0.3 is 6.03 Å². The number of urea groups is 1. The molecule has 1 aliphatic heterocycles. The molecule has 0 radical (unpaired) electrons. The first kappa shape index (κ1) is 18.7. The lowest BCUT2D eigenvalue weighted by atomic mass is 10.2. The van der Waals surface area contributed by atoms with Gasteiger partial charge < -0.3 is 20.4 Å². The van der Waals surface area contributed by atoms with Crippen LogP contribution >= 0.6 is 0 Å². The molecule has 1 atom stereocenters. The molecule has 3 rings (SSSR count). The summed E-state index contributed by atoms with van der Waals surface area (Å²) in [7, 11) is 0. The first-order valence-corrected chi connectivity index (χ1v) is 8.95. The first-order chi connectivity index (χ1) is 13.0. The molecule has 2 aromatic rings. The van der Waals surface area contributed by atoms with Gasteiger partial charge in [-0.25, -0.2) is 9.18 Å². The molecule has 2 N–H and O–H groups in total. The van der Waals surface area contributed by atoms with E-state index in [1.807, 2.05) is 18.2 Å². The van der Waals surface area contributed by atoms with Gasteiger partial charge in [0.05, 0.1) is 0 Å². The second kappa shape index (κ2) is 8.53. The van der Waals surface area contributed by atoms with E-state index in [0.29, 0.717) is 18.8 Å². The molecule has 7 heteroatoms. The van der Waals surface area contributed by atoms with Gasteiger partial charge in [-0.05, 0) is 43.3 Å². The monoisotopic (exact) mass is 370 g/mol. The van der Waals surface area contributed by atoms with Gasteiger partial charge in [0, 0.05) is 37.6 Å². The van der Waals surface area contributed by atoms with Gasteiger partial charge in [-0.2, -0.15) is 0 Å². The Balaban J connectivity index is 1.47. The zero-order chi connectivity index (χ0) is 19.2. The van der Waals surface area contributed by atoms with E-state index in [1.54, 1.807) is 11.8 Å². The third kappa shape index (κ3) is 4.97. The van der Waals surface area contributed by atoms with Crippen molar-refractivity contribution in [1.29, 1.82) is 0 Å². The molecule has 2 aromatic carbocycles. The number of amides is 3. The fraction of sp³-hybridized carbons (Fsp3) is 0.300. The summed E-state index contributed by atoms with van der Waals surface area (Å²) in [5.41, 5.74) is 1.63. The van der Waals surface area contributed by atoms with Gasteiger partial charge in [-0.15, -0.1) is 0 Å². The van der Waals surface area contributed by atoms with Crippen LogP contribution in [-0.2, 0) is 4.79 Å². The highest BCUT2D eigenvalue weighted by atomic mass is 19.1. The van der Waals surface area contributed by atoms with E-state index < -0.39 is 6.04 Å². The van der Waals surface area contributed by atoms with Crippen molar-refractivity contribution in [1.82, 2.24) is 10.2 Å². The lowest BCUT2D eigenvalue weighted by Gasteiger charge is -2.36. The summed E-state index contributed by atoms with van der Waals surface area (Å²) in [5, 5.41) is 5.38. The highest BCUT2D eigenvalue weighted by Crippen LogP contribution is 2.15. The second-order valence-electron chi connectivity index (χ2n) is 6.48. The molecular formula is C20H23FN4O2. The van der Waals surface area contributed by atoms with E-state index in [4.69, 9.17) is 0 Å². The van der Waals surface area contributed by atoms with Crippen molar-refractivity contribution in [2.24, 2.45) is 0 Å². The number of benzene rings is 2. The van der Waals surface area contributed by atoms with Gasteiger partial charge in [0.25, 0.3) is 0 Å². The Bertz CT molecular complexity index is 774. The Morgan fingerprint density at radius 1 is 0.963 bits per heavy atom. The van der Waals surface area contributed by atoms with Crippen molar-refractivity contribution >= 4 is 23.3 Å². The van der Waals surface area contributed by atoms with Crippen LogP contribution < -0.4 is 15.5 Å². The highest BCUT2D eigenvalue weighted by molar-refractivity contribution is 5.96. The molecule has 0 aliphatic carbocycles. The zero-order valence-corrected chi connectivity index (χ0v) is 15.2. The number of para-hydroxylation sites is 1. The van der Waals surface area contributed by atoms with Crippen molar-refractivity contribution < 1.29 is 14.0 Å². The smallest absolute Gasteiger partial charge is 0.318 e. The van der Waals surface area contributed by atoms with Crippen LogP contribution in [0.1, 0.15) is 6.92 Å². The van der Waals surface area contributed by atoms with Crippen molar-refractivity contribution in [2.75, 3.05) is 36.4 Å². The Morgan fingerprint density at radius 3 is 2.22 bits per heavy atom. The molecule has 27 heavy (non-hydrogen) atoms. The average Bonchev–Trinajstić information content (AvgIpc) is 2.70. The van der Waals surface area contributed by atoms with E-state index in [-0.39, 0.29) is 17.8 Å². The lowest BCUT2D eigenvalue weighted by Crippen LogP contribution is -2.54. The molecule has 1 unspecified atom stereocenters. The second-order valence-corrected chi connectivity index (χ2v) is 6.48. The number of rotatable bonds is 4. The Kier molecular flexibility index (Phi) is 5.90. The minimum Gasteiger partial charge on any atom is -0.368 e. The molecule has 0 spiro atoms. The number of nitrogens with one attached hydrogen (secondary N) is 2. The topological polar surface area (TPSA) is 64.7 Å². The maximum absolute atomic E-state index is 12.9. The normalized spacial score (nSPS) is 15.2. The minimum absolute atomic E-state index is 0.260. The fourth-order valence-corrected chi connectivity index (χ4v) is 2.93. The SMILES string of the molecule is CC(NC(=O)N1CCN(c2ccccc2)CC1)C(=O)Nc1ccc(F)cc1. The number of piperazine rings is 1. The quantitative estimate of drug-likeness (QED) is 0.870. The van der Waals surface area contributed by atoms with Gasteiger partial charge in [0.2, 0.25) is 5.91 Å². The lowest BCUT2D eigenvalue weighted by molar-refractivity contribution is -0.117. The summed E-state index contributed by atoms with van der Waals surface area (Å²) in [6, 6.07) is 14.6. The third-order valence-corrected chi connectivity index (χ3v) is 4.53. The van der Waals surface area contributed by atoms with Crippen LogP contribution in [-0.4, -0.2) is 49.1 Å². The van der Waals surface area contributed by atoms with Gasteiger partial charge in [0.1, 0.15) is 11.9 Å². The van der Waals surface area contributed by atoms with Crippen LogP contribution in [0.5, 0.6) is 0 Å². The summed E-state index contributed by atoms with van der Waals surface area (Å²) < 4.78 is 12.9. The third-order valence-electron chi connectivity index (χ3n) is 4.53. The summed E-state index contributed by atoms with van der Waals surface area (Å²) >= 11 is 0. The Labute approximate surface area is 158 Å². The summed E-state index contributed by atoms with van der Waals surface area (Å²) in [6.45, 7) is 4.29. The number of hydrogen-bond acceptors (Lipinski definition) is 3. The van der Waals surface area contributed by atoms with Crippen molar-refractivity contribution in [3.8, 4) is 0 Å². The van der Waals surface area contributed by atoms with Crippen LogP contribution in [0, 0.1) is 5.82 Å². The highest BCUT2D eigenvalue weighted by Gasteiger charge is 2.24. The number of carbonyl (C=O) groups excluding carboxylic acids is 2. The number of hydrogen-bond donors (Lipinski definition) is 2. The molecule has 0 bridgehead atoms. The van der Waals surface area contributed by atoms with E-state index in [1.165, 1.54) is 24.3 Å². The van der Waals surface area contributed by atoms with Crippen LogP contribution in [0.25, 0.3) is 0 Å². The Morgan fingerprint density at radius 2 is 1.59 bits per heavy atom. The molecule has 1 heterocycles. The maximum Gasteiger partial charge on any atom is 0.318 e. The van der Waals surface area contributed by atoms with Crippen molar-refractivity contribution in [3.05, 3.63) is 60.4 Å². The Hall–Kier alpha value is -3.09. The summed E-state index contributed by atoms with van der Waals surface area (Å²) in [6.07, 6.45) is 0. The number of nitrogens with zero attached hydrogens (tertiary/aromatic N) is 2. The molecule has 1 fully saturated rings. The summed E-state index contributed by atoms with van der Waals surface area (Å²) in [4.78, 5) is 28.6.